The number of likely N-dealkylation sites (tertiary alicyclic amines) is 1. The van der Waals surface area contributed by atoms with Crippen LogP contribution < -0.4 is 15.1 Å². The third-order valence-corrected chi connectivity index (χ3v) is 8.78. The van der Waals surface area contributed by atoms with Crippen LogP contribution in [0.5, 0.6) is 0 Å². The Morgan fingerprint density at radius 1 is 1.05 bits per heavy atom. The summed E-state index contributed by atoms with van der Waals surface area (Å²) in [5, 5.41) is 3.09. The van der Waals surface area contributed by atoms with E-state index in [1.807, 2.05) is 0 Å². The van der Waals surface area contributed by atoms with Crippen LogP contribution >= 0.6 is 0 Å². The second kappa shape index (κ2) is 10.4. The smallest absolute Gasteiger partial charge is 0.381 e. The van der Waals surface area contributed by atoms with Gasteiger partial charge >= 0.3 is 6.18 Å². The number of carbonyl (C=O) groups excluding carboxylic acids is 1. The van der Waals surface area contributed by atoms with Crippen molar-refractivity contribution in [2.45, 2.75) is 69.4 Å². The molecule has 1 aromatic heterocycles. The van der Waals surface area contributed by atoms with Gasteiger partial charge in [-0.1, -0.05) is 0 Å². The first-order chi connectivity index (χ1) is 19.1. The molecule has 12 heteroatoms. The maximum atomic E-state index is 15.8. The van der Waals surface area contributed by atoms with Crippen molar-refractivity contribution in [3.63, 3.8) is 0 Å². The van der Waals surface area contributed by atoms with Crippen LogP contribution in [0.4, 0.5) is 44.8 Å². The van der Waals surface area contributed by atoms with E-state index >= 15 is 4.39 Å². The Morgan fingerprint density at radius 2 is 1.75 bits per heavy atom. The predicted molar refractivity (Wildman–Crippen MR) is 140 cm³/mol. The molecule has 0 radical (unpaired) electrons. The molecule has 1 amide bonds. The molecule has 40 heavy (non-hydrogen) atoms. The summed E-state index contributed by atoms with van der Waals surface area (Å²) in [7, 11) is 1.69. The van der Waals surface area contributed by atoms with E-state index in [4.69, 9.17) is 4.74 Å². The fraction of sp³-hybridized carbons (Fsp3) is 0.571. The number of methoxy groups -OCH3 is 1. The molecule has 216 valence electrons. The third kappa shape index (κ3) is 5.23. The summed E-state index contributed by atoms with van der Waals surface area (Å²) in [6.07, 6.45) is 0.838. The standard InChI is InChI=1S/C28H32F5N5O2/c1-40-21-9-19-2-3-20(10-21)38(19)24-12-25-23(11-22(24)30)35-26-17(8-18(29)13-34-26)14-37(25)27(39)16-4-6-36(7-5-16)15-28(31,32)33/h8,11-13,16,19-21H,2-7,9-10,14-15H2,1H3,(H,34,35)/t19-,20+,21?. The minimum Gasteiger partial charge on any atom is -0.381 e. The number of alkyl halides is 3. The quantitative estimate of drug-likeness (QED) is 0.503. The first kappa shape index (κ1) is 27.2. The molecule has 3 saturated heterocycles. The molecule has 4 aliphatic heterocycles. The van der Waals surface area contributed by atoms with E-state index in [-0.39, 0.29) is 56.6 Å². The Bertz CT molecular complexity index is 1270. The largest absolute Gasteiger partial charge is 0.401 e. The Hall–Kier alpha value is -2.99. The lowest BCUT2D eigenvalue weighted by molar-refractivity contribution is -0.149. The molecule has 2 bridgehead atoms. The molecule has 4 aliphatic rings. The number of pyridine rings is 1. The van der Waals surface area contributed by atoms with Crippen molar-refractivity contribution in [1.29, 1.82) is 0 Å². The van der Waals surface area contributed by atoms with Gasteiger partial charge < -0.3 is 19.9 Å². The van der Waals surface area contributed by atoms with Gasteiger partial charge in [0.05, 0.1) is 42.5 Å². The average Bonchev–Trinajstić information content (AvgIpc) is 3.07. The highest BCUT2D eigenvalue weighted by molar-refractivity contribution is 6.00. The first-order valence-electron chi connectivity index (χ1n) is 13.8. The zero-order valence-electron chi connectivity index (χ0n) is 22.2. The summed E-state index contributed by atoms with van der Waals surface area (Å²) < 4.78 is 74.2. The summed E-state index contributed by atoms with van der Waals surface area (Å²) in [6.45, 7) is -0.707. The number of halogens is 5. The number of ether oxygens (including phenoxy) is 1. The molecule has 6 rings (SSSR count). The number of hydrogen-bond donors (Lipinski definition) is 1. The van der Waals surface area contributed by atoms with E-state index < -0.39 is 30.3 Å². The normalized spacial score (nSPS) is 25.3. The maximum Gasteiger partial charge on any atom is 0.401 e. The summed E-state index contributed by atoms with van der Waals surface area (Å²) in [5.74, 6) is -1.46. The van der Waals surface area contributed by atoms with Gasteiger partial charge in [-0.2, -0.15) is 13.2 Å². The zero-order chi connectivity index (χ0) is 28.2. The number of fused-ring (bicyclic) bond motifs is 4. The van der Waals surface area contributed by atoms with Crippen molar-refractivity contribution in [2.75, 3.05) is 41.9 Å². The number of benzene rings is 1. The van der Waals surface area contributed by atoms with E-state index in [0.29, 0.717) is 28.4 Å². The second-order valence-corrected chi connectivity index (χ2v) is 11.3. The Labute approximate surface area is 229 Å². The zero-order valence-corrected chi connectivity index (χ0v) is 22.2. The number of amides is 1. The van der Waals surface area contributed by atoms with E-state index in [2.05, 4.69) is 15.2 Å². The fourth-order valence-electron chi connectivity index (χ4n) is 6.89. The highest BCUT2D eigenvalue weighted by Crippen LogP contribution is 2.46. The van der Waals surface area contributed by atoms with Crippen LogP contribution in [0, 0.1) is 17.6 Å². The van der Waals surface area contributed by atoms with Gasteiger partial charge in [0.25, 0.3) is 0 Å². The minimum atomic E-state index is -4.30. The van der Waals surface area contributed by atoms with Crippen LogP contribution in [0.25, 0.3) is 0 Å². The van der Waals surface area contributed by atoms with Crippen molar-refractivity contribution < 1.29 is 31.5 Å². The van der Waals surface area contributed by atoms with Crippen molar-refractivity contribution in [2.24, 2.45) is 5.92 Å². The van der Waals surface area contributed by atoms with Crippen LogP contribution in [-0.4, -0.2) is 66.9 Å². The molecule has 0 aliphatic carbocycles. The van der Waals surface area contributed by atoms with Crippen molar-refractivity contribution in [3.8, 4) is 0 Å². The number of nitrogens with one attached hydrogen (secondary N) is 1. The van der Waals surface area contributed by atoms with Gasteiger partial charge in [0, 0.05) is 36.7 Å². The molecule has 0 saturated carbocycles. The topological polar surface area (TPSA) is 60.9 Å². The first-order valence-corrected chi connectivity index (χ1v) is 13.8. The number of anilines is 4. The Balaban J connectivity index is 1.34. The average molecular weight is 566 g/mol. The van der Waals surface area contributed by atoms with Gasteiger partial charge in [-0.15, -0.1) is 0 Å². The van der Waals surface area contributed by atoms with Gasteiger partial charge in [-0.25, -0.2) is 13.8 Å². The summed E-state index contributed by atoms with van der Waals surface area (Å²) in [6, 6.07) is 4.57. The summed E-state index contributed by atoms with van der Waals surface area (Å²) in [5.41, 5.74) is 1.62. The number of aromatic nitrogens is 1. The summed E-state index contributed by atoms with van der Waals surface area (Å²) >= 11 is 0. The molecule has 5 heterocycles. The molecular formula is C28H32F5N5O2. The van der Waals surface area contributed by atoms with E-state index in [9.17, 15) is 22.4 Å². The summed E-state index contributed by atoms with van der Waals surface area (Å²) in [4.78, 5) is 23.0. The monoisotopic (exact) mass is 565 g/mol. The van der Waals surface area contributed by atoms with Gasteiger partial charge in [0.2, 0.25) is 5.91 Å². The fourth-order valence-corrected chi connectivity index (χ4v) is 6.89. The number of piperidine rings is 2. The van der Waals surface area contributed by atoms with Crippen LogP contribution in [-0.2, 0) is 16.1 Å². The molecule has 3 fully saturated rings. The molecule has 0 spiro atoms. The molecule has 2 aromatic rings. The van der Waals surface area contributed by atoms with Crippen LogP contribution in [0.15, 0.2) is 24.4 Å². The van der Waals surface area contributed by atoms with Crippen molar-refractivity contribution in [1.82, 2.24) is 9.88 Å². The predicted octanol–water partition coefficient (Wildman–Crippen LogP) is 5.37. The third-order valence-electron chi connectivity index (χ3n) is 8.78. The molecule has 1 unspecified atom stereocenters. The highest BCUT2D eigenvalue weighted by atomic mass is 19.4. The molecule has 1 aromatic carbocycles. The number of hydrogen-bond acceptors (Lipinski definition) is 6. The lowest BCUT2D eigenvalue weighted by atomic mass is 9.94. The molecule has 3 atom stereocenters. The van der Waals surface area contributed by atoms with Gasteiger partial charge in [0.1, 0.15) is 17.5 Å². The van der Waals surface area contributed by atoms with E-state index in [1.54, 1.807) is 13.2 Å². The van der Waals surface area contributed by atoms with Crippen LogP contribution in [0.2, 0.25) is 0 Å². The Kier molecular flexibility index (Phi) is 7.10. The van der Waals surface area contributed by atoms with Crippen molar-refractivity contribution >= 4 is 28.8 Å². The van der Waals surface area contributed by atoms with Gasteiger partial charge in [0.15, 0.2) is 0 Å². The lowest BCUT2D eigenvalue weighted by Gasteiger charge is -2.41. The van der Waals surface area contributed by atoms with Crippen LogP contribution in [0.3, 0.4) is 0 Å². The van der Waals surface area contributed by atoms with Crippen LogP contribution in [0.1, 0.15) is 44.1 Å². The number of nitrogens with zero attached hydrogens (tertiary/aromatic N) is 4. The van der Waals surface area contributed by atoms with Gasteiger partial charge in [-0.05, 0) is 63.7 Å². The molecular weight excluding hydrogens is 533 g/mol. The van der Waals surface area contributed by atoms with Gasteiger partial charge in [-0.3, -0.25) is 9.69 Å². The molecule has 7 nitrogen and oxygen atoms in total. The number of rotatable bonds is 4. The van der Waals surface area contributed by atoms with E-state index in [1.165, 1.54) is 21.9 Å². The van der Waals surface area contributed by atoms with Crippen molar-refractivity contribution in [3.05, 3.63) is 41.6 Å². The minimum absolute atomic E-state index is 0.00533. The maximum absolute atomic E-state index is 15.8. The lowest BCUT2D eigenvalue weighted by Crippen LogP contribution is -2.46. The second-order valence-electron chi connectivity index (χ2n) is 11.3. The SMILES string of the molecule is COC1C[C@H]2CC[C@@H](C1)N2c1cc2c(cc1F)Nc1ncc(F)cc1CN2C(=O)C1CCN(CC(F)(F)F)CC1. The number of carbonyl (C=O) groups is 1. The Morgan fingerprint density at radius 3 is 2.40 bits per heavy atom. The highest BCUT2D eigenvalue weighted by Gasteiger charge is 2.43. The van der Waals surface area contributed by atoms with E-state index in [0.717, 1.165) is 31.9 Å². The molecule has 1 N–H and O–H groups in total.